The summed E-state index contributed by atoms with van der Waals surface area (Å²) in [6.45, 7) is 0. The van der Waals surface area contributed by atoms with Gasteiger partial charge in [0.25, 0.3) is 0 Å². The summed E-state index contributed by atoms with van der Waals surface area (Å²) >= 11 is 7.54. The van der Waals surface area contributed by atoms with Crippen LogP contribution in [-0.2, 0) is 0 Å². The molecule has 0 saturated heterocycles. The predicted octanol–water partition coefficient (Wildman–Crippen LogP) is 0.529. The molecule has 36 valence electrons. The van der Waals surface area contributed by atoms with E-state index in [1.54, 1.807) is 12.4 Å². The van der Waals surface area contributed by atoms with Crippen LogP contribution >= 0.6 is 11.6 Å². The summed E-state index contributed by atoms with van der Waals surface area (Å²) < 4.78 is 1.09. The van der Waals surface area contributed by atoms with E-state index in [2.05, 4.69) is 4.98 Å². The fourth-order valence-electron chi connectivity index (χ4n) is 0.518. The first-order valence-electron chi connectivity index (χ1n) is 2.36. The Labute approximate surface area is 62.3 Å². The van der Waals surface area contributed by atoms with Crippen molar-refractivity contribution in [2.24, 2.45) is 0 Å². The number of rotatable bonds is 0. The zero-order chi connectivity index (χ0) is 5.98. The maximum absolute atomic E-state index is 5.58. The van der Waals surface area contributed by atoms with Crippen LogP contribution in [0.5, 0.6) is 0 Å². The van der Waals surface area contributed by atoms with Crippen LogP contribution < -0.4 is 4.24 Å². The molecular weight excluding hydrogens is 116 g/mol. The third-order valence-corrected chi connectivity index (χ3v) is 1.05. The van der Waals surface area contributed by atoms with Crippen molar-refractivity contribution in [3.05, 3.63) is 23.5 Å². The average Bonchev–Trinajstić information content (AvgIpc) is 1.64. The molecule has 0 saturated carbocycles. The summed E-state index contributed by atoms with van der Waals surface area (Å²) in [7, 11) is 0. The van der Waals surface area contributed by atoms with Gasteiger partial charge in [-0.2, -0.15) is 0 Å². The first-order chi connectivity index (χ1) is 3.79. The Hall–Kier alpha value is 0.0374. The van der Waals surface area contributed by atoms with Gasteiger partial charge in [-0.25, -0.2) is 0 Å². The van der Waals surface area contributed by atoms with E-state index < -0.39 is 0 Å². The van der Waals surface area contributed by atoms with E-state index in [0.29, 0.717) is 5.02 Å². The third-order valence-electron chi connectivity index (χ3n) is 0.842. The van der Waals surface area contributed by atoms with Gasteiger partial charge in [0.05, 0.1) is 0 Å². The van der Waals surface area contributed by atoms with Crippen LogP contribution in [0.1, 0.15) is 0 Å². The quantitative estimate of drug-likeness (QED) is 0.454. The van der Waals surface area contributed by atoms with Gasteiger partial charge >= 0.3 is 62.0 Å². The number of pyridine rings is 1. The fourth-order valence-corrected chi connectivity index (χ4v) is 0.747. The Kier molecular flexibility index (Phi) is 1.96. The summed E-state index contributed by atoms with van der Waals surface area (Å²) in [5, 5.41) is 0.699. The van der Waals surface area contributed by atoms with Crippen LogP contribution in [0.4, 0.5) is 0 Å². The van der Waals surface area contributed by atoms with E-state index in [-0.39, 0.29) is 0 Å². The van der Waals surface area contributed by atoms with E-state index in [4.69, 9.17) is 11.6 Å². The molecule has 0 fully saturated rings. The van der Waals surface area contributed by atoms with Crippen LogP contribution in [0.3, 0.4) is 0 Å². The van der Waals surface area contributed by atoms with Gasteiger partial charge in [0.15, 0.2) is 0 Å². The molecular formula is C5H3ClLiN. The van der Waals surface area contributed by atoms with E-state index in [1.165, 1.54) is 0 Å². The SMILES string of the molecule is [Li][c]1cncc(Cl)c1. The second kappa shape index (κ2) is 2.55. The number of hydrogen-bond donors (Lipinski definition) is 0. The molecule has 1 aromatic rings. The molecule has 0 radical (unpaired) electrons. The molecule has 0 aliphatic rings. The first kappa shape index (κ1) is 6.16. The minimum atomic E-state index is 0.699. The van der Waals surface area contributed by atoms with Crippen molar-refractivity contribution in [1.82, 2.24) is 4.98 Å². The van der Waals surface area contributed by atoms with Crippen molar-refractivity contribution >= 4 is 33.6 Å². The monoisotopic (exact) mass is 119 g/mol. The number of aromatic nitrogens is 1. The maximum atomic E-state index is 5.58. The van der Waals surface area contributed by atoms with Crippen molar-refractivity contribution < 1.29 is 0 Å². The Morgan fingerprint density at radius 2 is 2.25 bits per heavy atom. The molecule has 1 nitrogen and oxygen atoms in total. The van der Waals surface area contributed by atoms with Crippen molar-refractivity contribution in [2.75, 3.05) is 0 Å². The van der Waals surface area contributed by atoms with Gasteiger partial charge in [-0.1, -0.05) is 0 Å². The van der Waals surface area contributed by atoms with Gasteiger partial charge in [0.2, 0.25) is 0 Å². The standard InChI is InChI=1S/C5H3ClN.Li/c6-5-2-1-3-7-4-5;/h2-4H;. The van der Waals surface area contributed by atoms with Crippen LogP contribution in [0.25, 0.3) is 0 Å². The Balaban J connectivity index is 3.08. The number of halogens is 1. The zero-order valence-corrected chi connectivity index (χ0v) is 5.31. The molecule has 3 heteroatoms. The van der Waals surface area contributed by atoms with Crippen molar-refractivity contribution in [1.29, 1.82) is 0 Å². The molecule has 0 bridgehead atoms. The molecule has 1 rings (SSSR count). The summed E-state index contributed by atoms with van der Waals surface area (Å²) in [6.07, 6.45) is 3.39. The topological polar surface area (TPSA) is 12.9 Å². The molecule has 0 aliphatic heterocycles. The molecule has 0 unspecified atom stereocenters. The number of nitrogens with zero attached hydrogens (tertiary/aromatic N) is 1. The molecule has 8 heavy (non-hydrogen) atoms. The molecule has 0 amide bonds. The van der Waals surface area contributed by atoms with Gasteiger partial charge in [0.1, 0.15) is 0 Å². The van der Waals surface area contributed by atoms with E-state index in [9.17, 15) is 0 Å². The average molecular weight is 119 g/mol. The summed E-state index contributed by atoms with van der Waals surface area (Å²) in [5.41, 5.74) is 0. The van der Waals surface area contributed by atoms with Gasteiger partial charge in [0, 0.05) is 0 Å². The Morgan fingerprint density at radius 3 is 2.62 bits per heavy atom. The minimum absolute atomic E-state index is 0.699. The molecule has 1 heterocycles. The van der Waals surface area contributed by atoms with Crippen LogP contribution in [-0.4, -0.2) is 22.7 Å². The number of hydrogen-bond acceptors (Lipinski definition) is 1. The second-order valence-electron chi connectivity index (χ2n) is 1.68. The van der Waals surface area contributed by atoms with E-state index in [0.717, 1.165) is 4.24 Å². The molecule has 0 aromatic carbocycles. The third kappa shape index (κ3) is 1.52. The second-order valence-corrected chi connectivity index (χ2v) is 2.12. The van der Waals surface area contributed by atoms with Gasteiger partial charge in [-0.05, 0) is 0 Å². The summed E-state index contributed by atoms with van der Waals surface area (Å²) in [6, 6.07) is 1.87. The van der Waals surface area contributed by atoms with Crippen molar-refractivity contribution in [3.8, 4) is 0 Å². The normalized spacial score (nSPS) is 9.38. The molecule has 0 atom stereocenters. The molecule has 0 N–H and O–H groups in total. The fraction of sp³-hybridized carbons (Fsp3) is 0. The van der Waals surface area contributed by atoms with Crippen LogP contribution in [0.15, 0.2) is 18.5 Å². The predicted molar refractivity (Wildman–Crippen MR) is 34.6 cm³/mol. The molecule has 0 aliphatic carbocycles. The van der Waals surface area contributed by atoms with Gasteiger partial charge < -0.3 is 0 Å². The Morgan fingerprint density at radius 1 is 1.50 bits per heavy atom. The van der Waals surface area contributed by atoms with Crippen molar-refractivity contribution in [2.45, 2.75) is 0 Å². The van der Waals surface area contributed by atoms with Crippen molar-refractivity contribution in [3.63, 3.8) is 0 Å². The van der Waals surface area contributed by atoms with Gasteiger partial charge in [-0.15, -0.1) is 0 Å². The van der Waals surface area contributed by atoms with Crippen LogP contribution in [0.2, 0.25) is 5.02 Å². The van der Waals surface area contributed by atoms with E-state index in [1.807, 2.05) is 23.8 Å². The summed E-state index contributed by atoms with van der Waals surface area (Å²) in [5.74, 6) is 0. The Bertz CT molecular complexity index is 172. The van der Waals surface area contributed by atoms with E-state index >= 15 is 0 Å². The summed E-state index contributed by atoms with van der Waals surface area (Å²) in [4.78, 5) is 3.85. The molecule has 0 spiro atoms. The van der Waals surface area contributed by atoms with Gasteiger partial charge in [-0.3, -0.25) is 0 Å². The molecule has 1 aromatic heterocycles. The first-order valence-corrected chi connectivity index (χ1v) is 2.74. The van der Waals surface area contributed by atoms with Crippen LogP contribution in [0, 0.1) is 0 Å². The zero-order valence-electron chi connectivity index (χ0n) is 4.56.